The van der Waals surface area contributed by atoms with Crippen LogP contribution in [-0.4, -0.2) is 62.7 Å². The van der Waals surface area contributed by atoms with Crippen LogP contribution in [0.5, 0.6) is 0 Å². The predicted molar refractivity (Wildman–Crippen MR) is 91.0 cm³/mol. The van der Waals surface area contributed by atoms with Crippen LogP contribution in [0, 0.1) is 0 Å². The van der Waals surface area contributed by atoms with Gasteiger partial charge in [-0.2, -0.15) is 0 Å². The molecule has 0 amide bonds. The number of benzene rings is 1. The summed E-state index contributed by atoms with van der Waals surface area (Å²) >= 11 is 0. The number of sulfonamides is 1. The van der Waals surface area contributed by atoms with Gasteiger partial charge in [-0.3, -0.25) is 4.31 Å². The molecular formula is C16H22N4O2S. The second-order valence-electron chi connectivity index (χ2n) is 6.55. The minimum Gasteiger partial charge on any atom is -0.367 e. The van der Waals surface area contributed by atoms with Crippen LogP contribution in [0.25, 0.3) is 0 Å². The Kier molecular flexibility index (Phi) is 3.39. The van der Waals surface area contributed by atoms with E-state index < -0.39 is 10.0 Å². The second-order valence-corrected chi connectivity index (χ2v) is 8.49. The number of fused-ring (bicyclic) bond motifs is 5. The average Bonchev–Trinajstić information content (AvgIpc) is 2.87. The lowest BCUT2D eigenvalue weighted by Crippen LogP contribution is -2.38. The summed E-state index contributed by atoms with van der Waals surface area (Å²) in [4.78, 5) is 9.61. The van der Waals surface area contributed by atoms with Crippen LogP contribution < -0.4 is 4.90 Å². The molecular weight excluding hydrogens is 312 g/mol. The third-order valence-electron chi connectivity index (χ3n) is 5.31. The average molecular weight is 334 g/mol. The van der Waals surface area contributed by atoms with Crippen LogP contribution in [0.15, 0.2) is 28.1 Å². The summed E-state index contributed by atoms with van der Waals surface area (Å²) in [6, 6.07) is 6.19. The fourth-order valence-electron chi connectivity index (χ4n) is 3.77. The van der Waals surface area contributed by atoms with Crippen molar-refractivity contribution in [1.29, 1.82) is 0 Å². The number of nitrogens with zero attached hydrogens (tertiary/aromatic N) is 4. The third kappa shape index (κ3) is 2.33. The zero-order chi connectivity index (χ0) is 16.2. The van der Waals surface area contributed by atoms with Gasteiger partial charge in [0.2, 0.25) is 0 Å². The third-order valence-corrected chi connectivity index (χ3v) is 7.17. The number of piperidine rings is 1. The molecule has 1 aromatic carbocycles. The molecule has 0 radical (unpaired) electrons. The number of amidine groups is 1. The van der Waals surface area contributed by atoms with E-state index in [1.807, 2.05) is 18.2 Å². The van der Waals surface area contributed by atoms with E-state index in [1.165, 1.54) is 4.31 Å². The number of hydrogen-bond donors (Lipinski definition) is 0. The first-order chi connectivity index (χ1) is 11.0. The Morgan fingerprint density at radius 2 is 1.87 bits per heavy atom. The molecule has 4 heterocycles. The van der Waals surface area contributed by atoms with Gasteiger partial charge in [-0.05, 0) is 38.0 Å². The smallest absolute Gasteiger partial charge is 0.267 e. The van der Waals surface area contributed by atoms with E-state index >= 15 is 0 Å². The summed E-state index contributed by atoms with van der Waals surface area (Å²) in [5.41, 5.74) is 1.55. The topological polar surface area (TPSA) is 56.2 Å². The van der Waals surface area contributed by atoms with Crippen LogP contribution in [0.4, 0.5) is 11.4 Å². The van der Waals surface area contributed by atoms with Gasteiger partial charge >= 0.3 is 0 Å². The summed E-state index contributed by atoms with van der Waals surface area (Å²) in [6.07, 6.45) is 2.31. The Labute approximate surface area is 137 Å². The Morgan fingerprint density at radius 3 is 2.61 bits per heavy atom. The van der Waals surface area contributed by atoms with Gasteiger partial charge in [0, 0.05) is 45.0 Å². The van der Waals surface area contributed by atoms with Gasteiger partial charge in [-0.25, -0.2) is 13.4 Å². The van der Waals surface area contributed by atoms with E-state index in [9.17, 15) is 8.42 Å². The molecule has 1 aromatic rings. The SMILES string of the molecule is CC1=Nc2ccc(N3CCN4CCC3CC4)cc2S(=O)(=O)N1C. The zero-order valence-electron chi connectivity index (χ0n) is 13.6. The Hall–Kier alpha value is -1.60. The van der Waals surface area contributed by atoms with Gasteiger partial charge in [0.1, 0.15) is 10.7 Å². The quantitative estimate of drug-likeness (QED) is 0.784. The van der Waals surface area contributed by atoms with Crippen LogP contribution in [0.3, 0.4) is 0 Å². The van der Waals surface area contributed by atoms with E-state index in [4.69, 9.17) is 0 Å². The fourth-order valence-corrected chi connectivity index (χ4v) is 5.10. The van der Waals surface area contributed by atoms with E-state index in [0.29, 0.717) is 22.5 Å². The number of rotatable bonds is 1. The molecule has 0 atom stereocenters. The number of hydrogen-bond acceptors (Lipinski definition) is 5. The highest BCUT2D eigenvalue weighted by molar-refractivity contribution is 7.90. The largest absolute Gasteiger partial charge is 0.367 e. The molecule has 0 saturated carbocycles. The van der Waals surface area contributed by atoms with Crippen LogP contribution >= 0.6 is 0 Å². The van der Waals surface area contributed by atoms with E-state index in [-0.39, 0.29) is 0 Å². The van der Waals surface area contributed by atoms with Gasteiger partial charge in [0.15, 0.2) is 0 Å². The van der Waals surface area contributed by atoms with Crippen molar-refractivity contribution in [2.75, 3.05) is 38.1 Å². The Balaban J connectivity index is 1.77. The first-order valence-corrected chi connectivity index (χ1v) is 9.58. The van der Waals surface area contributed by atoms with Crippen molar-refractivity contribution < 1.29 is 8.42 Å². The lowest BCUT2D eigenvalue weighted by atomic mass is 10.0. The van der Waals surface area contributed by atoms with Crippen LogP contribution in [0.2, 0.25) is 0 Å². The molecule has 124 valence electrons. The van der Waals surface area contributed by atoms with E-state index in [2.05, 4.69) is 14.8 Å². The maximum atomic E-state index is 12.7. The summed E-state index contributed by atoms with van der Waals surface area (Å²) in [7, 11) is -1.93. The monoisotopic (exact) mass is 334 g/mol. The van der Waals surface area contributed by atoms with Crippen molar-refractivity contribution in [2.45, 2.75) is 30.7 Å². The van der Waals surface area contributed by atoms with Gasteiger partial charge in [0.05, 0.1) is 5.69 Å². The molecule has 3 fully saturated rings. The maximum absolute atomic E-state index is 12.7. The Bertz CT molecular complexity index is 766. The van der Waals surface area contributed by atoms with Crippen LogP contribution in [0.1, 0.15) is 19.8 Å². The van der Waals surface area contributed by atoms with Gasteiger partial charge < -0.3 is 9.80 Å². The van der Waals surface area contributed by atoms with Crippen molar-refractivity contribution in [3.63, 3.8) is 0 Å². The molecule has 5 rings (SSSR count). The minimum atomic E-state index is -3.49. The van der Waals surface area contributed by atoms with Crippen molar-refractivity contribution in [2.24, 2.45) is 4.99 Å². The first-order valence-electron chi connectivity index (χ1n) is 8.14. The standard InChI is InChI=1S/C16H22N4O2S/c1-12-17-15-4-3-14(11-16(15)23(21,22)18(12)2)20-10-9-19-7-5-13(20)6-8-19/h3-4,11,13H,5-10H2,1-2H3. The van der Waals surface area contributed by atoms with Crippen molar-refractivity contribution in [1.82, 2.24) is 9.21 Å². The molecule has 0 N–H and O–H groups in total. The minimum absolute atomic E-state index is 0.321. The molecule has 4 aliphatic heterocycles. The van der Waals surface area contributed by atoms with E-state index in [1.54, 1.807) is 14.0 Å². The first kappa shape index (κ1) is 15.0. The predicted octanol–water partition coefficient (Wildman–Crippen LogP) is 1.66. The van der Waals surface area contributed by atoms with E-state index in [0.717, 1.165) is 44.7 Å². The molecule has 0 aromatic heterocycles. The molecule has 23 heavy (non-hydrogen) atoms. The molecule has 2 bridgehead atoms. The summed E-state index contributed by atoms with van der Waals surface area (Å²) in [5, 5.41) is 0. The maximum Gasteiger partial charge on any atom is 0.267 e. The normalized spacial score (nSPS) is 29.0. The molecule has 0 unspecified atom stereocenters. The highest BCUT2D eigenvalue weighted by Crippen LogP contribution is 2.36. The molecule has 6 nitrogen and oxygen atoms in total. The number of anilines is 1. The van der Waals surface area contributed by atoms with Crippen molar-refractivity contribution >= 4 is 27.2 Å². The summed E-state index contributed by atoms with van der Waals surface area (Å²) < 4.78 is 26.7. The van der Waals surface area contributed by atoms with Crippen molar-refractivity contribution in [3.05, 3.63) is 18.2 Å². The lowest BCUT2D eigenvalue weighted by molar-refractivity contribution is 0.250. The van der Waals surface area contributed by atoms with Crippen molar-refractivity contribution in [3.8, 4) is 0 Å². The second kappa shape index (κ2) is 5.21. The lowest BCUT2D eigenvalue weighted by Gasteiger charge is -2.34. The molecule has 0 aliphatic carbocycles. The van der Waals surface area contributed by atoms with Gasteiger partial charge in [-0.15, -0.1) is 0 Å². The summed E-state index contributed by atoms with van der Waals surface area (Å²) in [5.74, 6) is 0.506. The zero-order valence-corrected chi connectivity index (χ0v) is 14.4. The molecule has 3 saturated heterocycles. The highest BCUT2D eigenvalue weighted by atomic mass is 32.2. The van der Waals surface area contributed by atoms with Gasteiger partial charge in [-0.1, -0.05) is 0 Å². The molecule has 0 spiro atoms. The summed E-state index contributed by atoms with van der Waals surface area (Å²) in [6.45, 7) is 6.03. The van der Waals surface area contributed by atoms with Crippen LogP contribution in [-0.2, 0) is 10.0 Å². The highest BCUT2D eigenvalue weighted by Gasteiger charge is 2.33. The number of aliphatic imine (C=N–C) groups is 1. The fraction of sp³-hybridized carbons (Fsp3) is 0.562. The Morgan fingerprint density at radius 1 is 1.13 bits per heavy atom. The molecule has 4 aliphatic rings. The molecule has 7 heteroatoms. The van der Waals surface area contributed by atoms with Gasteiger partial charge in [0.25, 0.3) is 10.0 Å².